The Kier molecular flexibility index (Phi) is 5.16. The van der Waals surface area contributed by atoms with E-state index in [0.717, 1.165) is 26.6 Å². The minimum Gasteiger partial charge on any atom is -0.487 e. The normalized spacial score (nSPS) is 13.7. The third-order valence-corrected chi connectivity index (χ3v) is 5.11. The Hall–Kier alpha value is -2.34. The Morgan fingerprint density at radius 3 is 2.85 bits per heavy atom. The molecule has 1 fully saturated rings. The minimum atomic E-state index is -0.249. The minimum absolute atomic E-state index is 0.201. The molecule has 0 aliphatic heterocycles. The SMILES string of the molecule is CCOC(=O)Cc1ccccc1OCc1nn(C2CC2)c2ccc(Br)cc12. The fraction of sp³-hybridized carbons (Fsp3) is 0.333. The van der Waals surface area contributed by atoms with E-state index in [1.807, 2.05) is 30.3 Å². The topological polar surface area (TPSA) is 53.4 Å². The molecule has 0 N–H and O–H groups in total. The van der Waals surface area contributed by atoms with Crippen molar-refractivity contribution in [3.8, 4) is 5.75 Å². The van der Waals surface area contributed by atoms with Crippen LogP contribution in [-0.2, 0) is 22.6 Å². The van der Waals surface area contributed by atoms with E-state index in [-0.39, 0.29) is 12.4 Å². The van der Waals surface area contributed by atoms with Gasteiger partial charge in [0.2, 0.25) is 0 Å². The molecule has 0 amide bonds. The van der Waals surface area contributed by atoms with E-state index < -0.39 is 0 Å². The summed E-state index contributed by atoms with van der Waals surface area (Å²) in [7, 11) is 0. The Balaban J connectivity index is 1.57. The van der Waals surface area contributed by atoms with Crippen LogP contribution in [0.3, 0.4) is 0 Å². The number of nitrogens with zero attached hydrogens (tertiary/aromatic N) is 2. The molecule has 6 heteroatoms. The average molecular weight is 429 g/mol. The van der Waals surface area contributed by atoms with Crippen molar-refractivity contribution in [1.82, 2.24) is 9.78 Å². The zero-order valence-corrected chi connectivity index (χ0v) is 16.7. The van der Waals surface area contributed by atoms with Crippen LogP contribution in [0.4, 0.5) is 0 Å². The number of hydrogen-bond acceptors (Lipinski definition) is 4. The second-order valence-corrected chi connectivity index (χ2v) is 7.58. The van der Waals surface area contributed by atoms with E-state index in [9.17, 15) is 4.79 Å². The van der Waals surface area contributed by atoms with E-state index in [1.165, 1.54) is 12.8 Å². The van der Waals surface area contributed by atoms with Gasteiger partial charge in [0.15, 0.2) is 0 Å². The lowest BCUT2D eigenvalue weighted by molar-refractivity contribution is -0.142. The lowest BCUT2D eigenvalue weighted by atomic mass is 10.1. The molecule has 1 aromatic heterocycles. The summed E-state index contributed by atoms with van der Waals surface area (Å²) in [5.74, 6) is 0.440. The molecule has 0 bridgehead atoms. The van der Waals surface area contributed by atoms with Gasteiger partial charge in [0.25, 0.3) is 0 Å². The van der Waals surface area contributed by atoms with Crippen LogP contribution in [0.2, 0.25) is 0 Å². The maximum atomic E-state index is 11.8. The second kappa shape index (κ2) is 7.72. The molecule has 4 rings (SSSR count). The first-order chi connectivity index (χ1) is 13.2. The first kappa shape index (κ1) is 18.0. The number of rotatable bonds is 7. The van der Waals surface area contributed by atoms with Crippen molar-refractivity contribution < 1.29 is 14.3 Å². The molecule has 1 saturated carbocycles. The Labute approximate surface area is 166 Å². The molecule has 5 nitrogen and oxygen atoms in total. The molecule has 0 spiro atoms. The molecular formula is C21H21BrN2O3. The van der Waals surface area contributed by atoms with Crippen molar-refractivity contribution in [3.05, 3.63) is 58.2 Å². The quantitative estimate of drug-likeness (QED) is 0.506. The largest absolute Gasteiger partial charge is 0.487 e. The summed E-state index contributed by atoms with van der Waals surface area (Å²) in [6, 6.07) is 14.3. The van der Waals surface area contributed by atoms with Crippen LogP contribution in [0.15, 0.2) is 46.9 Å². The second-order valence-electron chi connectivity index (χ2n) is 6.66. The molecule has 0 radical (unpaired) electrons. The van der Waals surface area contributed by atoms with Gasteiger partial charge in [-0.05, 0) is 44.0 Å². The van der Waals surface area contributed by atoms with Crippen molar-refractivity contribution >= 4 is 32.8 Å². The summed E-state index contributed by atoms with van der Waals surface area (Å²) >= 11 is 3.55. The molecule has 2 aromatic carbocycles. The summed E-state index contributed by atoms with van der Waals surface area (Å²) in [4.78, 5) is 11.8. The molecule has 3 aromatic rings. The number of halogens is 1. The number of ether oxygens (including phenoxy) is 2. The molecule has 0 unspecified atom stereocenters. The lowest BCUT2D eigenvalue weighted by Crippen LogP contribution is -2.09. The van der Waals surface area contributed by atoms with Crippen LogP contribution in [0, 0.1) is 0 Å². The van der Waals surface area contributed by atoms with Crippen molar-refractivity contribution in [2.45, 2.75) is 38.8 Å². The van der Waals surface area contributed by atoms with Crippen LogP contribution in [-0.4, -0.2) is 22.4 Å². The van der Waals surface area contributed by atoms with E-state index in [1.54, 1.807) is 6.92 Å². The maximum absolute atomic E-state index is 11.8. The zero-order valence-electron chi connectivity index (χ0n) is 15.2. The smallest absolute Gasteiger partial charge is 0.310 e. The Morgan fingerprint density at radius 1 is 1.26 bits per heavy atom. The summed E-state index contributed by atoms with van der Waals surface area (Å²) in [5.41, 5.74) is 2.87. The summed E-state index contributed by atoms with van der Waals surface area (Å²) in [6.07, 6.45) is 2.55. The maximum Gasteiger partial charge on any atom is 0.310 e. The van der Waals surface area contributed by atoms with Gasteiger partial charge in [0, 0.05) is 15.4 Å². The molecule has 1 aliphatic carbocycles. The van der Waals surface area contributed by atoms with Gasteiger partial charge in [0.1, 0.15) is 18.1 Å². The van der Waals surface area contributed by atoms with Gasteiger partial charge in [-0.3, -0.25) is 9.48 Å². The van der Waals surface area contributed by atoms with Crippen LogP contribution in [0.5, 0.6) is 5.75 Å². The fourth-order valence-corrected chi connectivity index (χ4v) is 3.55. The van der Waals surface area contributed by atoms with Gasteiger partial charge in [0.05, 0.1) is 24.6 Å². The van der Waals surface area contributed by atoms with Gasteiger partial charge in [-0.1, -0.05) is 34.1 Å². The van der Waals surface area contributed by atoms with E-state index in [4.69, 9.17) is 14.6 Å². The molecule has 140 valence electrons. The number of para-hydroxylation sites is 1. The van der Waals surface area contributed by atoms with Crippen molar-refractivity contribution in [2.75, 3.05) is 6.61 Å². The monoisotopic (exact) mass is 428 g/mol. The summed E-state index contributed by atoms with van der Waals surface area (Å²) in [6.45, 7) is 2.54. The first-order valence-corrected chi connectivity index (χ1v) is 9.98. The predicted octanol–water partition coefficient (Wildman–Crippen LogP) is 4.82. The fourth-order valence-electron chi connectivity index (χ4n) is 3.19. The van der Waals surface area contributed by atoms with E-state index in [0.29, 0.717) is 25.0 Å². The van der Waals surface area contributed by atoms with Crippen molar-refractivity contribution in [3.63, 3.8) is 0 Å². The van der Waals surface area contributed by atoms with E-state index >= 15 is 0 Å². The van der Waals surface area contributed by atoms with Crippen LogP contribution in [0.1, 0.15) is 37.1 Å². The number of benzene rings is 2. The van der Waals surface area contributed by atoms with E-state index in [2.05, 4.69) is 32.7 Å². The number of carbonyl (C=O) groups is 1. The molecule has 1 heterocycles. The number of aromatic nitrogens is 2. The molecule has 27 heavy (non-hydrogen) atoms. The van der Waals surface area contributed by atoms with Crippen molar-refractivity contribution in [2.24, 2.45) is 0 Å². The Bertz CT molecular complexity index is 979. The standard InChI is InChI=1S/C21H21BrN2O3/c1-2-26-21(25)11-14-5-3-4-6-20(14)27-13-18-17-12-15(22)7-10-19(17)24(23-18)16-8-9-16/h3-7,10,12,16H,2,8-9,11,13H2,1H3. The first-order valence-electron chi connectivity index (χ1n) is 9.18. The van der Waals surface area contributed by atoms with Crippen molar-refractivity contribution in [1.29, 1.82) is 0 Å². The summed E-state index contributed by atoms with van der Waals surface area (Å²) in [5, 5.41) is 5.90. The number of hydrogen-bond donors (Lipinski definition) is 0. The highest BCUT2D eigenvalue weighted by atomic mass is 79.9. The molecule has 1 aliphatic rings. The van der Waals surface area contributed by atoms with Gasteiger partial charge < -0.3 is 9.47 Å². The van der Waals surface area contributed by atoms with Gasteiger partial charge in [-0.2, -0.15) is 5.10 Å². The number of esters is 1. The van der Waals surface area contributed by atoms with Crippen LogP contribution < -0.4 is 4.74 Å². The summed E-state index contributed by atoms with van der Waals surface area (Å²) < 4.78 is 14.3. The van der Waals surface area contributed by atoms with Crippen LogP contribution in [0.25, 0.3) is 10.9 Å². The third-order valence-electron chi connectivity index (χ3n) is 4.61. The molecular weight excluding hydrogens is 408 g/mol. The lowest BCUT2D eigenvalue weighted by Gasteiger charge is -2.10. The molecule has 0 saturated heterocycles. The van der Waals surface area contributed by atoms with Gasteiger partial charge in [-0.15, -0.1) is 0 Å². The average Bonchev–Trinajstić information content (AvgIpc) is 3.43. The van der Waals surface area contributed by atoms with Crippen LogP contribution >= 0.6 is 15.9 Å². The highest BCUT2D eigenvalue weighted by molar-refractivity contribution is 9.10. The third kappa shape index (κ3) is 4.00. The zero-order chi connectivity index (χ0) is 18.8. The van der Waals surface area contributed by atoms with Gasteiger partial charge >= 0.3 is 5.97 Å². The highest BCUT2D eigenvalue weighted by Gasteiger charge is 2.27. The number of fused-ring (bicyclic) bond motifs is 1. The number of carbonyl (C=O) groups excluding carboxylic acids is 1. The Morgan fingerprint density at radius 2 is 2.07 bits per heavy atom. The molecule has 0 atom stereocenters. The van der Waals surface area contributed by atoms with Gasteiger partial charge in [-0.25, -0.2) is 0 Å². The highest BCUT2D eigenvalue weighted by Crippen LogP contribution is 2.38. The predicted molar refractivity (Wildman–Crippen MR) is 107 cm³/mol.